The van der Waals surface area contributed by atoms with E-state index < -0.39 is 0 Å². The minimum atomic E-state index is -0.0104. The average Bonchev–Trinajstić information content (AvgIpc) is 3.02. The summed E-state index contributed by atoms with van der Waals surface area (Å²) in [7, 11) is 0. The van der Waals surface area contributed by atoms with Crippen molar-refractivity contribution in [3.8, 4) is 0 Å². The maximum absolute atomic E-state index is 12.1. The van der Waals surface area contributed by atoms with Gasteiger partial charge < -0.3 is 9.80 Å². The molecule has 0 aromatic carbocycles. The molecule has 2 amide bonds. The molecule has 0 N–H and O–H groups in total. The first-order chi connectivity index (χ1) is 8.25. The number of carbonyl (C=O) groups excluding carboxylic acids is 2. The lowest BCUT2D eigenvalue weighted by molar-refractivity contribution is -0.135. The summed E-state index contributed by atoms with van der Waals surface area (Å²) in [6, 6.07) is 4.13. The van der Waals surface area contributed by atoms with Gasteiger partial charge in [-0.2, -0.15) is 0 Å². The highest BCUT2D eigenvalue weighted by atomic mass is 32.1. The molecule has 1 saturated heterocycles. The van der Waals surface area contributed by atoms with Gasteiger partial charge in [0.05, 0.1) is 4.88 Å². The fraction of sp³-hybridized carbons (Fsp3) is 0.500. The smallest absolute Gasteiger partial charge is 0.264 e. The minimum absolute atomic E-state index is 0.0104. The Morgan fingerprint density at radius 3 is 2.76 bits per heavy atom. The van der Waals surface area contributed by atoms with Gasteiger partial charge in [0.25, 0.3) is 5.91 Å². The van der Waals surface area contributed by atoms with Crippen molar-refractivity contribution in [3.63, 3.8) is 0 Å². The second kappa shape index (κ2) is 4.14. The van der Waals surface area contributed by atoms with Crippen molar-refractivity contribution in [2.24, 2.45) is 0 Å². The Bertz CT molecular complexity index is 439. The molecule has 1 aliphatic heterocycles. The van der Waals surface area contributed by atoms with Crippen molar-refractivity contribution in [1.29, 1.82) is 0 Å². The molecule has 0 unspecified atom stereocenters. The second-order valence-electron chi connectivity index (χ2n) is 4.52. The van der Waals surface area contributed by atoms with E-state index in [1.54, 1.807) is 4.90 Å². The fourth-order valence-corrected chi connectivity index (χ4v) is 2.88. The summed E-state index contributed by atoms with van der Waals surface area (Å²) >= 11 is 1.43. The molecule has 0 atom stereocenters. The van der Waals surface area contributed by atoms with Crippen LogP contribution in [0.15, 0.2) is 17.5 Å². The molecule has 90 valence electrons. The van der Waals surface area contributed by atoms with E-state index in [2.05, 4.69) is 0 Å². The first-order valence-corrected chi connectivity index (χ1v) is 6.76. The van der Waals surface area contributed by atoms with E-state index in [-0.39, 0.29) is 18.4 Å². The number of piperazine rings is 1. The van der Waals surface area contributed by atoms with Crippen LogP contribution < -0.4 is 0 Å². The Balaban J connectivity index is 1.67. The number of carbonyl (C=O) groups is 2. The molecule has 4 nitrogen and oxygen atoms in total. The number of hydrogen-bond donors (Lipinski definition) is 0. The lowest BCUT2D eigenvalue weighted by atomic mass is 10.2. The maximum Gasteiger partial charge on any atom is 0.264 e. The molecule has 1 aliphatic carbocycles. The van der Waals surface area contributed by atoms with Crippen molar-refractivity contribution in [3.05, 3.63) is 22.4 Å². The van der Waals surface area contributed by atoms with Crippen LogP contribution in [0.3, 0.4) is 0 Å². The summed E-state index contributed by atoms with van der Waals surface area (Å²) in [4.78, 5) is 28.3. The van der Waals surface area contributed by atoms with E-state index in [0.717, 1.165) is 17.7 Å². The highest BCUT2D eigenvalue weighted by Crippen LogP contribution is 2.28. The lowest BCUT2D eigenvalue weighted by Crippen LogP contribution is -2.52. The average molecular weight is 250 g/mol. The topological polar surface area (TPSA) is 40.6 Å². The minimum Gasteiger partial charge on any atom is -0.336 e. The van der Waals surface area contributed by atoms with Gasteiger partial charge in [-0.05, 0) is 24.3 Å². The van der Waals surface area contributed by atoms with Gasteiger partial charge in [0.2, 0.25) is 5.91 Å². The van der Waals surface area contributed by atoms with Crippen molar-refractivity contribution < 1.29 is 9.59 Å². The number of hydrogen-bond acceptors (Lipinski definition) is 3. The molecule has 3 rings (SSSR count). The van der Waals surface area contributed by atoms with Crippen LogP contribution in [0, 0.1) is 0 Å². The summed E-state index contributed by atoms with van der Waals surface area (Å²) in [6.45, 7) is 1.60. The summed E-state index contributed by atoms with van der Waals surface area (Å²) < 4.78 is 0. The van der Waals surface area contributed by atoms with E-state index in [9.17, 15) is 9.59 Å². The Morgan fingerprint density at radius 2 is 2.18 bits per heavy atom. The first kappa shape index (κ1) is 10.8. The van der Waals surface area contributed by atoms with Crippen LogP contribution in [0.5, 0.6) is 0 Å². The third kappa shape index (κ3) is 2.07. The van der Waals surface area contributed by atoms with Crippen LogP contribution in [-0.4, -0.2) is 47.3 Å². The highest BCUT2D eigenvalue weighted by Gasteiger charge is 2.36. The summed E-state index contributed by atoms with van der Waals surface area (Å²) in [5.74, 6) is 0.0902. The predicted molar refractivity (Wildman–Crippen MR) is 65.0 cm³/mol. The Kier molecular flexibility index (Phi) is 2.63. The van der Waals surface area contributed by atoms with E-state index in [0.29, 0.717) is 19.1 Å². The van der Waals surface area contributed by atoms with Crippen LogP contribution in [0.2, 0.25) is 0 Å². The third-order valence-corrected chi connectivity index (χ3v) is 4.12. The Morgan fingerprint density at radius 1 is 1.35 bits per heavy atom. The van der Waals surface area contributed by atoms with Crippen LogP contribution in [-0.2, 0) is 4.79 Å². The molecule has 5 heteroatoms. The van der Waals surface area contributed by atoms with Crippen LogP contribution in [0.1, 0.15) is 22.5 Å². The van der Waals surface area contributed by atoms with Gasteiger partial charge in [-0.15, -0.1) is 11.3 Å². The molecule has 1 aromatic heterocycles. The molecule has 2 heterocycles. The molecular formula is C12H14N2O2S. The number of nitrogens with zero attached hydrogens (tertiary/aromatic N) is 2. The quantitative estimate of drug-likeness (QED) is 0.791. The third-order valence-electron chi connectivity index (χ3n) is 3.26. The van der Waals surface area contributed by atoms with Crippen LogP contribution >= 0.6 is 11.3 Å². The van der Waals surface area contributed by atoms with Crippen molar-refractivity contribution in [2.75, 3.05) is 19.6 Å². The normalized spacial score (nSPS) is 20.8. The van der Waals surface area contributed by atoms with Crippen LogP contribution in [0.25, 0.3) is 0 Å². The largest absolute Gasteiger partial charge is 0.336 e. The summed E-state index contributed by atoms with van der Waals surface area (Å²) in [5, 5.41) is 1.88. The van der Waals surface area contributed by atoms with Gasteiger partial charge in [0.1, 0.15) is 6.54 Å². The van der Waals surface area contributed by atoms with E-state index in [1.165, 1.54) is 11.3 Å². The molecular weight excluding hydrogens is 236 g/mol. The number of amides is 2. The molecule has 2 fully saturated rings. The molecule has 17 heavy (non-hydrogen) atoms. The zero-order valence-electron chi connectivity index (χ0n) is 9.46. The molecule has 0 spiro atoms. The van der Waals surface area contributed by atoms with Gasteiger partial charge in [0, 0.05) is 19.1 Å². The lowest BCUT2D eigenvalue weighted by Gasteiger charge is -2.34. The predicted octanol–water partition coefficient (Wildman–Crippen LogP) is 1.19. The molecule has 0 bridgehead atoms. The van der Waals surface area contributed by atoms with Gasteiger partial charge in [-0.25, -0.2) is 0 Å². The number of rotatable bonds is 2. The summed E-state index contributed by atoms with van der Waals surface area (Å²) in [6.07, 6.45) is 2.26. The monoisotopic (exact) mass is 250 g/mol. The van der Waals surface area contributed by atoms with Crippen molar-refractivity contribution in [1.82, 2.24) is 9.80 Å². The highest BCUT2D eigenvalue weighted by molar-refractivity contribution is 7.12. The van der Waals surface area contributed by atoms with Gasteiger partial charge >= 0.3 is 0 Å². The fourth-order valence-electron chi connectivity index (χ4n) is 2.19. The van der Waals surface area contributed by atoms with Gasteiger partial charge in [-0.1, -0.05) is 6.07 Å². The van der Waals surface area contributed by atoms with E-state index in [4.69, 9.17) is 0 Å². The molecule has 2 aliphatic rings. The Hall–Kier alpha value is -1.36. The maximum atomic E-state index is 12.1. The van der Waals surface area contributed by atoms with Crippen molar-refractivity contribution >= 4 is 23.2 Å². The second-order valence-corrected chi connectivity index (χ2v) is 5.47. The summed E-state index contributed by atoms with van der Waals surface area (Å²) in [5.41, 5.74) is 0. The van der Waals surface area contributed by atoms with E-state index >= 15 is 0 Å². The van der Waals surface area contributed by atoms with Crippen LogP contribution in [0.4, 0.5) is 0 Å². The Labute approximate surface area is 104 Å². The zero-order valence-corrected chi connectivity index (χ0v) is 10.3. The molecule has 0 radical (unpaired) electrons. The van der Waals surface area contributed by atoms with E-state index in [1.807, 2.05) is 22.4 Å². The van der Waals surface area contributed by atoms with Gasteiger partial charge in [0.15, 0.2) is 0 Å². The first-order valence-electron chi connectivity index (χ1n) is 5.88. The van der Waals surface area contributed by atoms with Gasteiger partial charge in [-0.3, -0.25) is 9.59 Å². The molecule has 1 aromatic rings. The SMILES string of the molecule is O=C(c1cccs1)N1CCN(C2CC2)C(=O)C1. The number of thiophene rings is 1. The van der Waals surface area contributed by atoms with Crippen molar-refractivity contribution in [2.45, 2.75) is 18.9 Å². The standard InChI is InChI=1S/C12H14N2O2S/c15-11-8-13(5-6-14(11)9-3-4-9)12(16)10-2-1-7-17-10/h1-2,7,9H,3-6,8H2. The zero-order chi connectivity index (χ0) is 11.8. The molecule has 1 saturated carbocycles.